The van der Waals surface area contributed by atoms with Gasteiger partial charge in [0.05, 0.1) is 20.1 Å². The summed E-state index contributed by atoms with van der Waals surface area (Å²) >= 11 is 23.0. The average molecular weight is 386 g/mol. The highest BCUT2D eigenvalue weighted by Crippen LogP contribution is 2.37. The number of hydrogen-bond acceptors (Lipinski definition) is 2. The number of nitrogens with one attached hydrogen (secondary N) is 1. The summed E-state index contributed by atoms with van der Waals surface area (Å²) in [5, 5.41) is 6.37. The lowest BCUT2D eigenvalue weighted by molar-refractivity contribution is 0.890. The molecule has 0 aliphatic carbocycles. The Morgan fingerprint density at radius 3 is 2.56 bits per heavy atom. The molecule has 1 N–H and O–H groups in total. The van der Waals surface area contributed by atoms with Crippen molar-refractivity contribution in [2.45, 2.75) is 13.0 Å². The zero-order valence-electron chi connectivity index (χ0n) is 9.31. The van der Waals surface area contributed by atoms with Gasteiger partial charge in [-0.3, -0.25) is 0 Å². The first-order valence-electron chi connectivity index (χ1n) is 5.13. The second-order valence-electron chi connectivity index (χ2n) is 3.77. The summed E-state index contributed by atoms with van der Waals surface area (Å²) in [5.74, 6) is 0. The summed E-state index contributed by atoms with van der Waals surface area (Å²) < 4.78 is 1.56. The molecule has 0 spiro atoms. The molecule has 1 nitrogen and oxygen atoms in total. The number of rotatable bonds is 3. The van der Waals surface area contributed by atoms with Gasteiger partial charge in [0.1, 0.15) is 0 Å². The van der Waals surface area contributed by atoms with Crippen LogP contribution in [0.25, 0.3) is 0 Å². The van der Waals surface area contributed by atoms with Gasteiger partial charge in [0.15, 0.2) is 0 Å². The Morgan fingerprint density at radius 1 is 1.22 bits per heavy atom. The Balaban J connectivity index is 2.22. The Labute approximate surface area is 133 Å². The molecule has 1 atom stereocenters. The highest BCUT2D eigenvalue weighted by molar-refractivity contribution is 9.10. The van der Waals surface area contributed by atoms with Crippen molar-refractivity contribution in [1.82, 2.24) is 0 Å². The normalized spacial score (nSPS) is 12.5. The Kier molecular flexibility index (Phi) is 4.84. The lowest BCUT2D eigenvalue weighted by Crippen LogP contribution is -2.06. The molecule has 0 radical (unpaired) electrons. The Bertz CT molecular complexity index is 570. The predicted octanol–water partition coefficient (Wildman–Crippen LogP) is 6.64. The second kappa shape index (κ2) is 6.02. The van der Waals surface area contributed by atoms with Gasteiger partial charge < -0.3 is 5.32 Å². The van der Waals surface area contributed by atoms with E-state index in [1.165, 1.54) is 11.3 Å². The van der Waals surface area contributed by atoms with E-state index in [1.807, 2.05) is 30.5 Å². The molecule has 6 heteroatoms. The molecule has 0 bridgehead atoms. The number of thiophene rings is 1. The minimum atomic E-state index is 0.114. The van der Waals surface area contributed by atoms with Crippen LogP contribution in [0.3, 0.4) is 0 Å². The maximum absolute atomic E-state index is 6.19. The van der Waals surface area contributed by atoms with Crippen molar-refractivity contribution in [3.63, 3.8) is 0 Å². The van der Waals surface area contributed by atoms with Crippen LogP contribution >= 0.6 is 62.1 Å². The number of benzene rings is 1. The van der Waals surface area contributed by atoms with Gasteiger partial charge in [0, 0.05) is 10.5 Å². The third-order valence-corrected chi connectivity index (χ3v) is 5.38. The molecule has 0 aliphatic heterocycles. The van der Waals surface area contributed by atoms with E-state index in [1.54, 1.807) is 0 Å². The van der Waals surface area contributed by atoms with Crippen molar-refractivity contribution in [1.29, 1.82) is 0 Å². The lowest BCUT2D eigenvalue weighted by Gasteiger charge is -2.16. The van der Waals surface area contributed by atoms with Crippen LogP contribution in [-0.4, -0.2) is 0 Å². The third-order valence-electron chi connectivity index (χ3n) is 2.49. The lowest BCUT2D eigenvalue weighted by atomic mass is 10.1. The highest BCUT2D eigenvalue weighted by atomic mass is 79.9. The molecule has 0 saturated carbocycles. The first kappa shape index (κ1) is 14.5. The Hall–Kier alpha value is 0.0700. The smallest absolute Gasteiger partial charge is 0.0931 e. The molecule has 1 aromatic heterocycles. The van der Waals surface area contributed by atoms with Crippen LogP contribution < -0.4 is 5.32 Å². The third kappa shape index (κ3) is 3.14. The van der Waals surface area contributed by atoms with Crippen LogP contribution in [0.4, 0.5) is 5.69 Å². The molecular formula is C12H9BrCl3NS. The van der Waals surface area contributed by atoms with Gasteiger partial charge in [-0.15, -0.1) is 11.3 Å². The van der Waals surface area contributed by atoms with Gasteiger partial charge in [-0.1, -0.05) is 34.8 Å². The first-order chi connectivity index (χ1) is 8.49. The van der Waals surface area contributed by atoms with Gasteiger partial charge >= 0.3 is 0 Å². The minimum Gasteiger partial charge on any atom is -0.377 e. The fraction of sp³-hybridized carbons (Fsp3) is 0.167. The van der Waals surface area contributed by atoms with Gasteiger partial charge in [-0.25, -0.2) is 0 Å². The molecule has 0 saturated heterocycles. The fourth-order valence-electron chi connectivity index (χ4n) is 1.50. The van der Waals surface area contributed by atoms with E-state index in [-0.39, 0.29) is 6.04 Å². The molecular weight excluding hydrogens is 376 g/mol. The number of anilines is 1. The van der Waals surface area contributed by atoms with Crippen molar-refractivity contribution in [2.24, 2.45) is 0 Å². The fourth-order valence-corrected chi connectivity index (χ4v) is 3.32. The summed E-state index contributed by atoms with van der Waals surface area (Å²) in [4.78, 5) is 0. The van der Waals surface area contributed by atoms with Crippen molar-refractivity contribution in [2.75, 3.05) is 5.32 Å². The molecule has 1 heterocycles. The van der Waals surface area contributed by atoms with E-state index in [2.05, 4.69) is 21.2 Å². The van der Waals surface area contributed by atoms with Gasteiger partial charge in [0.25, 0.3) is 0 Å². The van der Waals surface area contributed by atoms with Crippen LogP contribution in [0.5, 0.6) is 0 Å². The van der Waals surface area contributed by atoms with E-state index < -0.39 is 0 Å². The molecule has 96 valence electrons. The summed E-state index contributed by atoms with van der Waals surface area (Å²) in [6, 6.07) is 5.81. The van der Waals surface area contributed by atoms with Crippen molar-refractivity contribution in [3.8, 4) is 0 Å². The summed E-state index contributed by atoms with van der Waals surface area (Å²) in [5.41, 5.74) is 1.93. The average Bonchev–Trinajstić information content (AvgIpc) is 2.77. The van der Waals surface area contributed by atoms with Crippen molar-refractivity contribution >= 4 is 67.8 Å². The summed E-state index contributed by atoms with van der Waals surface area (Å²) in [6.45, 7) is 2.05. The standard InChI is InChI=1S/C12H9BrCl3NS/c1-6(7-4-10(14)18-5-7)17-9-3-2-8(13)11(15)12(9)16/h2-6,17H,1H3. The van der Waals surface area contributed by atoms with E-state index in [9.17, 15) is 0 Å². The van der Waals surface area contributed by atoms with Crippen molar-refractivity contribution in [3.05, 3.63) is 48.0 Å². The molecule has 18 heavy (non-hydrogen) atoms. The van der Waals surface area contributed by atoms with Crippen LogP contribution in [0.15, 0.2) is 28.1 Å². The van der Waals surface area contributed by atoms with Gasteiger partial charge in [-0.2, -0.15) is 0 Å². The molecule has 0 aliphatic rings. The zero-order valence-corrected chi connectivity index (χ0v) is 14.0. The van der Waals surface area contributed by atoms with E-state index in [0.717, 1.165) is 20.1 Å². The van der Waals surface area contributed by atoms with Gasteiger partial charge in [-0.05, 0) is 52.0 Å². The van der Waals surface area contributed by atoms with E-state index >= 15 is 0 Å². The minimum absolute atomic E-state index is 0.114. The maximum Gasteiger partial charge on any atom is 0.0931 e. The largest absolute Gasteiger partial charge is 0.377 e. The monoisotopic (exact) mass is 383 g/mol. The summed E-state index contributed by atoms with van der Waals surface area (Å²) in [6.07, 6.45) is 0. The highest BCUT2D eigenvalue weighted by Gasteiger charge is 2.12. The summed E-state index contributed by atoms with van der Waals surface area (Å²) in [7, 11) is 0. The Morgan fingerprint density at radius 2 is 1.94 bits per heavy atom. The molecule has 2 rings (SSSR count). The second-order valence-corrected chi connectivity index (χ2v) is 6.93. The van der Waals surface area contributed by atoms with Crippen LogP contribution in [0, 0.1) is 0 Å². The topological polar surface area (TPSA) is 12.0 Å². The van der Waals surface area contributed by atoms with E-state index in [0.29, 0.717) is 10.0 Å². The molecule has 0 amide bonds. The predicted molar refractivity (Wildman–Crippen MR) is 85.5 cm³/mol. The van der Waals surface area contributed by atoms with Crippen molar-refractivity contribution < 1.29 is 0 Å². The quantitative estimate of drug-likeness (QED) is 0.584. The van der Waals surface area contributed by atoms with Crippen LogP contribution in [-0.2, 0) is 0 Å². The molecule has 1 unspecified atom stereocenters. The number of halogens is 4. The molecule has 1 aromatic carbocycles. The van der Waals surface area contributed by atoms with Crippen LogP contribution in [0.2, 0.25) is 14.4 Å². The zero-order chi connectivity index (χ0) is 13.3. The first-order valence-corrected chi connectivity index (χ1v) is 7.93. The SMILES string of the molecule is CC(Nc1ccc(Br)c(Cl)c1Cl)c1csc(Cl)c1. The number of hydrogen-bond donors (Lipinski definition) is 1. The molecule has 2 aromatic rings. The van der Waals surface area contributed by atoms with Gasteiger partial charge in [0.2, 0.25) is 0 Å². The van der Waals surface area contributed by atoms with Crippen LogP contribution in [0.1, 0.15) is 18.5 Å². The van der Waals surface area contributed by atoms with E-state index in [4.69, 9.17) is 34.8 Å². The maximum atomic E-state index is 6.19. The molecule has 0 fully saturated rings.